The van der Waals surface area contributed by atoms with Gasteiger partial charge in [0.1, 0.15) is 11.9 Å². The molecular weight excluding hydrogens is 461 g/mol. The van der Waals surface area contributed by atoms with Crippen LogP contribution in [-0.4, -0.2) is 62.8 Å². The Morgan fingerprint density at radius 3 is 2.47 bits per heavy atom. The van der Waals surface area contributed by atoms with Gasteiger partial charge in [-0.1, -0.05) is 47.1 Å². The van der Waals surface area contributed by atoms with Gasteiger partial charge in [-0.05, 0) is 29.3 Å². The SMILES string of the molecule is O=C(Cc1ccccc1Cl)N1CCN(C(=O)c2nnn3c2COC(c2ccc(F)cc2)C3)CC1. The third-order valence-electron chi connectivity index (χ3n) is 6.26. The second-order valence-electron chi connectivity index (χ2n) is 8.36. The molecule has 0 bridgehead atoms. The quantitative estimate of drug-likeness (QED) is 0.570. The van der Waals surface area contributed by atoms with Crippen LogP contribution in [0.5, 0.6) is 0 Å². The third kappa shape index (κ3) is 4.53. The molecule has 176 valence electrons. The zero-order valence-electron chi connectivity index (χ0n) is 18.4. The highest BCUT2D eigenvalue weighted by Crippen LogP contribution is 2.27. The molecule has 0 spiro atoms. The van der Waals surface area contributed by atoms with Crippen LogP contribution >= 0.6 is 11.6 Å². The van der Waals surface area contributed by atoms with E-state index in [1.54, 1.807) is 32.7 Å². The van der Waals surface area contributed by atoms with Crippen molar-refractivity contribution in [2.45, 2.75) is 25.7 Å². The topological polar surface area (TPSA) is 80.6 Å². The van der Waals surface area contributed by atoms with E-state index < -0.39 is 0 Å². The van der Waals surface area contributed by atoms with E-state index in [-0.39, 0.29) is 42.5 Å². The van der Waals surface area contributed by atoms with Crippen LogP contribution in [0, 0.1) is 5.82 Å². The standard InChI is InChI=1S/C24H23ClFN5O3/c25-19-4-2-1-3-17(19)13-22(32)29-9-11-30(12-10-29)24(33)23-20-15-34-21(14-31(20)28-27-23)16-5-7-18(26)8-6-16/h1-8,21H,9-15H2. The van der Waals surface area contributed by atoms with Gasteiger partial charge in [-0.3, -0.25) is 9.59 Å². The largest absolute Gasteiger partial charge is 0.365 e. The minimum Gasteiger partial charge on any atom is -0.365 e. The maximum Gasteiger partial charge on any atom is 0.276 e. The number of rotatable bonds is 4. The zero-order valence-corrected chi connectivity index (χ0v) is 19.1. The van der Waals surface area contributed by atoms with Gasteiger partial charge in [0, 0.05) is 31.2 Å². The number of carbonyl (C=O) groups excluding carboxylic acids is 2. The molecule has 1 saturated heterocycles. The lowest BCUT2D eigenvalue weighted by molar-refractivity contribution is -0.131. The Labute approximate surface area is 200 Å². The molecular formula is C24H23ClFN5O3. The molecule has 34 heavy (non-hydrogen) atoms. The minimum absolute atomic E-state index is 0.0125. The summed E-state index contributed by atoms with van der Waals surface area (Å²) in [6.45, 7) is 2.30. The first kappa shape index (κ1) is 22.5. The molecule has 1 atom stereocenters. The number of hydrogen-bond acceptors (Lipinski definition) is 5. The van der Waals surface area contributed by atoms with Crippen LogP contribution in [0.3, 0.4) is 0 Å². The predicted molar refractivity (Wildman–Crippen MR) is 122 cm³/mol. The van der Waals surface area contributed by atoms with Crippen molar-refractivity contribution in [1.29, 1.82) is 0 Å². The predicted octanol–water partition coefficient (Wildman–Crippen LogP) is 2.87. The average Bonchev–Trinajstić information content (AvgIpc) is 3.29. The lowest BCUT2D eigenvalue weighted by Gasteiger charge is -2.34. The molecule has 2 aliphatic heterocycles. The number of carbonyl (C=O) groups is 2. The molecule has 2 aromatic carbocycles. The lowest BCUT2D eigenvalue weighted by Crippen LogP contribution is -2.51. The Kier molecular flexibility index (Phi) is 6.30. The second-order valence-corrected chi connectivity index (χ2v) is 8.77. The van der Waals surface area contributed by atoms with E-state index in [0.29, 0.717) is 43.4 Å². The van der Waals surface area contributed by atoms with Gasteiger partial charge in [0.25, 0.3) is 5.91 Å². The minimum atomic E-state index is -0.306. The number of halogens is 2. The van der Waals surface area contributed by atoms with Gasteiger partial charge < -0.3 is 14.5 Å². The molecule has 0 radical (unpaired) electrons. The third-order valence-corrected chi connectivity index (χ3v) is 6.63. The number of aromatic nitrogens is 3. The fourth-order valence-electron chi connectivity index (χ4n) is 4.28. The molecule has 10 heteroatoms. The molecule has 1 fully saturated rings. The summed E-state index contributed by atoms with van der Waals surface area (Å²) < 4.78 is 20.8. The monoisotopic (exact) mass is 483 g/mol. The summed E-state index contributed by atoms with van der Waals surface area (Å²) in [5.41, 5.74) is 2.53. The van der Waals surface area contributed by atoms with Crippen molar-refractivity contribution in [1.82, 2.24) is 24.8 Å². The first-order chi connectivity index (χ1) is 16.5. The molecule has 1 unspecified atom stereocenters. The van der Waals surface area contributed by atoms with Crippen molar-refractivity contribution in [3.05, 3.63) is 81.9 Å². The molecule has 5 rings (SSSR count). The van der Waals surface area contributed by atoms with Crippen LogP contribution in [0.2, 0.25) is 5.02 Å². The fraction of sp³-hybridized carbons (Fsp3) is 0.333. The summed E-state index contributed by atoms with van der Waals surface area (Å²) in [6.07, 6.45) is -0.0519. The Morgan fingerprint density at radius 2 is 1.74 bits per heavy atom. The molecule has 1 aromatic heterocycles. The van der Waals surface area contributed by atoms with Gasteiger partial charge in [-0.2, -0.15) is 0 Å². The average molecular weight is 484 g/mol. The number of hydrogen-bond donors (Lipinski definition) is 0. The van der Waals surface area contributed by atoms with E-state index >= 15 is 0 Å². The summed E-state index contributed by atoms with van der Waals surface area (Å²) in [5, 5.41) is 8.85. The fourth-order valence-corrected chi connectivity index (χ4v) is 4.48. The summed E-state index contributed by atoms with van der Waals surface area (Å²) in [5.74, 6) is -0.538. The normalized spacial score (nSPS) is 18.0. The molecule has 0 N–H and O–H groups in total. The molecule has 3 aromatic rings. The maximum atomic E-state index is 13.2. The Balaban J connectivity index is 1.19. The zero-order chi connectivity index (χ0) is 23.7. The number of fused-ring (bicyclic) bond motifs is 1. The van der Waals surface area contributed by atoms with E-state index in [9.17, 15) is 14.0 Å². The number of benzene rings is 2. The maximum absolute atomic E-state index is 13.2. The van der Waals surface area contributed by atoms with Crippen LogP contribution in [0.15, 0.2) is 48.5 Å². The van der Waals surface area contributed by atoms with E-state index in [0.717, 1.165) is 11.1 Å². The van der Waals surface area contributed by atoms with E-state index in [2.05, 4.69) is 10.3 Å². The van der Waals surface area contributed by atoms with Crippen LogP contribution in [-0.2, 0) is 29.1 Å². The van der Waals surface area contributed by atoms with E-state index in [1.807, 2.05) is 18.2 Å². The molecule has 0 aliphatic carbocycles. The van der Waals surface area contributed by atoms with Gasteiger partial charge in [0.2, 0.25) is 5.91 Å². The van der Waals surface area contributed by atoms with E-state index in [4.69, 9.17) is 16.3 Å². The van der Waals surface area contributed by atoms with Crippen molar-refractivity contribution in [2.24, 2.45) is 0 Å². The van der Waals surface area contributed by atoms with Crippen molar-refractivity contribution >= 4 is 23.4 Å². The Hall–Kier alpha value is -3.30. The summed E-state index contributed by atoms with van der Waals surface area (Å²) >= 11 is 6.17. The van der Waals surface area contributed by atoms with Gasteiger partial charge >= 0.3 is 0 Å². The van der Waals surface area contributed by atoms with Gasteiger partial charge in [0.05, 0.1) is 25.3 Å². The molecule has 8 nitrogen and oxygen atoms in total. The van der Waals surface area contributed by atoms with Gasteiger partial charge in [-0.25, -0.2) is 9.07 Å². The van der Waals surface area contributed by atoms with Gasteiger partial charge in [0.15, 0.2) is 5.69 Å². The van der Waals surface area contributed by atoms with Gasteiger partial charge in [-0.15, -0.1) is 5.10 Å². The van der Waals surface area contributed by atoms with Crippen molar-refractivity contribution < 1.29 is 18.7 Å². The number of amides is 2. The molecule has 2 aliphatic rings. The number of nitrogens with zero attached hydrogens (tertiary/aromatic N) is 5. The summed E-state index contributed by atoms with van der Waals surface area (Å²) in [7, 11) is 0. The van der Waals surface area contributed by atoms with Crippen LogP contribution in [0.1, 0.15) is 33.4 Å². The summed E-state index contributed by atoms with van der Waals surface area (Å²) in [6, 6.07) is 13.5. The molecule has 0 saturated carbocycles. The van der Waals surface area contributed by atoms with E-state index in [1.165, 1.54) is 12.1 Å². The smallest absolute Gasteiger partial charge is 0.276 e. The Bertz CT molecular complexity index is 1210. The van der Waals surface area contributed by atoms with Crippen molar-refractivity contribution in [3.8, 4) is 0 Å². The second kappa shape index (κ2) is 9.52. The van der Waals surface area contributed by atoms with Crippen LogP contribution in [0.4, 0.5) is 4.39 Å². The van der Waals surface area contributed by atoms with Crippen molar-refractivity contribution in [2.75, 3.05) is 26.2 Å². The molecule has 2 amide bonds. The number of ether oxygens (including phenoxy) is 1. The highest BCUT2D eigenvalue weighted by molar-refractivity contribution is 6.31. The van der Waals surface area contributed by atoms with Crippen LogP contribution in [0.25, 0.3) is 0 Å². The van der Waals surface area contributed by atoms with Crippen LogP contribution < -0.4 is 0 Å². The number of piperazine rings is 1. The first-order valence-electron chi connectivity index (χ1n) is 11.1. The molecule has 3 heterocycles. The lowest BCUT2D eigenvalue weighted by atomic mass is 10.1. The first-order valence-corrected chi connectivity index (χ1v) is 11.5. The Morgan fingerprint density at radius 1 is 1.03 bits per heavy atom. The highest BCUT2D eigenvalue weighted by atomic mass is 35.5. The van der Waals surface area contributed by atoms with Crippen molar-refractivity contribution in [3.63, 3.8) is 0 Å². The highest BCUT2D eigenvalue weighted by Gasteiger charge is 2.32. The summed E-state index contributed by atoms with van der Waals surface area (Å²) in [4.78, 5) is 29.3.